The molecule has 2 fully saturated rings. The van der Waals surface area contributed by atoms with Gasteiger partial charge in [-0.15, -0.1) is 0 Å². The lowest BCUT2D eigenvalue weighted by Crippen LogP contribution is -2.57. The monoisotopic (exact) mass is 282 g/mol. The van der Waals surface area contributed by atoms with Crippen LogP contribution in [0, 0.1) is 5.41 Å². The first-order valence-electron chi connectivity index (χ1n) is 7.98. The normalized spacial score (nSPS) is 32.8. The quantitative estimate of drug-likeness (QED) is 0.808. The molecule has 1 aliphatic carbocycles. The number of likely N-dealkylation sites (N-methyl/N-ethyl adjacent to an activating group) is 1. The van der Waals surface area contributed by atoms with Gasteiger partial charge in [-0.05, 0) is 38.1 Å². The lowest BCUT2D eigenvalue weighted by atomic mass is 9.81. The van der Waals surface area contributed by atoms with E-state index in [-0.39, 0.29) is 5.54 Å². The predicted octanol–water partition coefficient (Wildman–Crippen LogP) is 2.44. The molecule has 1 unspecified atom stereocenters. The van der Waals surface area contributed by atoms with E-state index in [1.165, 1.54) is 6.42 Å². The second kappa shape index (κ2) is 6.02. The zero-order valence-electron chi connectivity index (χ0n) is 13.3. The van der Waals surface area contributed by atoms with E-state index in [9.17, 15) is 9.90 Å². The van der Waals surface area contributed by atoms with Gasteiger partial charge < -0.3 is 10.0 Å². The summed E-state index contributed by atoms with van der Waals surface area (Å²) < 4.78 is 0. The predicted molar refractivity (Wildman–Crippen MR) is 80.9 cm³/mol. The van der Waals surface area contributed by atoms with Crippen LogP contribution in [0.15, 0.2) is 0 Å². The number of piperazine rings is 1. The molecule has 0 spiro atoms. The topological polar surface area (TPSA) is 43.8 Å². The van der Waals surface area contributed by atoms with Gasteiger partial charge in [-0.1, -0.05) is 20.3 Å². The van der Waals surface area contributed by atoms with E-state index in [1.807, 2.05) is 0 Å². The van der Waals surface area contributed by atoms with E-state index in [1.54, 1.807) is 0 Å². The van der Waals surface area contributed by atoms with E-state index in [2.05, 4.69) is 30.7 Å². The Hall–Kier alpha value is -0.610. The summed E-state index contributed by atoms with van der Waals surface area (Å²) in [5.41, 5.74) is 0.272. The fourth-order valence-electron chi connectivity index (χ4n) is 3.88. The maximum atomic E-state index is 11.4. The molecule has 2 rings (SSSR count). The molecule has 0 bridgehead atoms. The van der Waals surface area contributed by atoms with Crippen LogP contribution < -0.4 is 0 Å². The van der Waals surface area contributed by atoms with Gasteiger partial charge in [0.2, 0.25) is 0 Å². The highest BCUT2D eigenvalue weighted by Crippen LogP contribution is 2.42. The zero-order chi connectivity index (χ0) is 14.8. The standard InChI is InChI=1S/C16H30N2O2/c1-15(2)5-4-6-16(8-7-15,13-14(19)20)18-11-9-17(3)10-12-18/h4-13H2,1-3H3,(H,19,20). The summed E-state index contributed by atoms with van der Waals surface area (Å²) in [6.45, 7) is 8.81. The molecule has 4 heteroatoms. The van der Waals surface area contributed by atoms with Crippen molar-refractivity contribution in [1.29, 1.82) is 0 Å². The highest BCUT2D eigenvalue weighted by Gasteiger charge is 2.42. The van der Waals surface area contributed by atoms with Gasteiger partial charge >= 0.3 is 5.97 Å². The number of aliphatic carboxylic acids is 1. The second-order valence-electron chi connectivity index (χ2n) is 7.60. The van der Waals surface area contributed by atoms with Crippen LogP contribution in [0.2, 0.25) is 0 Å². The van der Waals surface area contributed by atoms with Crippen molar-refractivity contribution in [1.82, 2.24) is 9.80 Å². The van der Waals surface area contributed by atoms with E-state index in [4.69, 9.17) is 0 Å². The number of hydrogen-bond donors (Lipinski definition) is 1. The van der Waals surface area contributed by atoms with Crippen molar-refractivity contribution in [3.8, 4) is 0 Å². The van der Waals surface area contributed by atoms with Crippen LogP contribution in [-0.4, -0.2) is 59.6 Å². The molecule has 0 aromatic heterocycles. The van der Waals surface area contributed by atoms with Crippen LogP contribution in [0.1, 0.15) is 52.4 Å². The largest absolute Gasteiger partial charge is 0.481 e. The van der Waals surface area contributed by atoms with E-state index in [0.717, 1.165) is 51.9 Å². The first kappa shape index (κ1) is 15.8. The molecule has 2 aliphatic rings. The third-order valence-electron chi connectivity index (χ3n) is 5.42. The molecule has 1 atom stereocenters. The molecule has 4 nitrogen and oxygen atoms in total. The molecule has 0 amide bonds. The third kappa shape index (κ3) is 3.73. The first-order valence-corrected chi connectivity index (χ1v) is 7.98. The molecule has 1 saturated heterocycles. The lowest BCUT2D eigenvalue weighted by Gasteiger charge is -2.47. The Bertz CT molecular complexity index is 348. The van der Waals surface area contributed by atoms with Gasteiger partial charge in [-0.3, -0.25) is 9.69 Å². The van der Waals surface area contributed by atoms with Crippen LogP contribution in [0.3, 0.4) is 0 Å². The van der Waals surface area contributed by atoms with E-state index >= 15 is 0 Å². The van der Waals surface area contributed by atoms with Crippen LogP contribution in [-0.2, 0) is 4.79 Å². The minimum atomic E-state index is -0.636. The number of carbonyl (C=O) groups is 1. The number of carboxylic acid groups (broad SMARTS) is 1. The molecule has 1 heterocycles. The van der Waals surface area contributed by atoms with Gasteiger partial charge in [0.15, 0.2) is 0 Å². The smallest absolute Gasteiger partial charge is 0.305 e. The molecule has 0 radical (unpaired) electrons. The van der Waals surface area contributed by atoms with Crippen molar-refractivity contribution in [2.45, 2.75) is 57.9 Å². The Morgan fingerprint density at radius 3 is 2.30 bits per heavy atom. The number of nitrogens with zero attached hydrogens (tertiary/aromatic N) is 2. The Morgan fingerprint density at radius 1 is 1.05 bits per heavy atom. The Labute approximate surface area is 123 Å². The first-order chi connectivity index (χ1) is 9.33. The molecular weight excluding hydrogens is 252 g/mol. The Kier molecular flexibility index (Phi) is 4.75. The van der Waals surface area contributed by atoms with Crippen molar-refractivity contribution in [2.75, 3.05) is 33.2 Å². The highest BCUT2D eigenvalue weighted by atomic mass is 16.4. The summed E-state index contributed by atoms with van der Waals surface area (Å²) in [5, 5.41) is 9.40. The van der Waals surface area contributed by atoms with Crippen molar-refractivity contribution in [2.24, 2.45) is 5.41 Å². The van der Waals surface area contributed by atoms with Gasteiger partial charge in [0.05, 0.1) is 6.42 Å². The van der Waals surface area contributed by atoms with Gasteiger partial charge in [0.25, 0.3) is 0 Å². The molecule has 0 aromatic carbocycles. The Morgan fingerprint density at radius 2 is 1.70 bits per heavy atom. The van der Waals surface area contributed by atoms with Crippen LogP contribution in [0.25, 0.3) is 0 Å². The van der Waals surface area contributed by atoms with E-state index < -0.39 is 5.97 Å². The zero-order valence-corrected chi connectivity index (χ0v) is 13.3. The van der Waals surface area contributed by atoms with Gasteiger partial charge in [-0.25, -0.2) is 0 Å². The van der Waals surface area contributed by atoms with Crippen molar-refractivity contribution < 1.29 is 9.90 Å². The molecule has 1 aliphatic heterocycles. The third-order valence-corrected chi connectivity index (χ3v) is 5.42. The van der Waals surface area contributed by atoms with Crippen LogP contribution in [0.5, 0.6) is 0 Å². The van der Waals surface area contributed by atoms with Gasteiger partial charge in [-0.2, -0.15) is 0 Å². The summed E-state index contributed by atoms with van der Waals surface area (Å²) in [4.78, 5) is 16.2. The van der Waals surface area contributed by atoms with E-state index in [0.29, 0.717) is 11.8 Å². The van der Waals surface area contributed by atoms with Gasteiger partial charge in [0.1, 0.15) is 0 Å². The fourth-order valence-corrected chi connectivity index (χ4v) is 3.88. The number of carboxylic acids is 1. The summed E-state index contributed by atoms with van der Waals surface area (Å²) >= 11 is 0. The summed E-state index contributed by atoms with van der Waals surface area (Å²) in [6.07, 6.45) is 5.93. The van der Waals surface area contributed by atoms with Crippen molar-refractivity contribution in [3.63, 3.8) is 0 Å². The Balaban J connectivity index is 2.14. The summed E-state index contributed by atoms with van der Waals surface area (Å²) in [7, 11) is 2.15. The minimum Gasteiger partial charge on any atom is -0.481 e. The molecule has 1 saturated carbocycles. The average molecular weight is 282 g/mol. The molecule has 20 heavy (non-hydrogen) atoms. The van der Waals surface area contributed by atoms with Crippen LogP contribution in [0.4, 0.5) is 0 Å². The minimum absolute atomic E-state index is 0.0964. The van der Waals surface area contributed by atoms with Crippen molar-refractivity contribution in [3.05, 3.63) is 0 Å². The summed E-state index contributed by atoms with van der Waals surface area (Å²) in [6, 6.07) is 0. The maximum Gasteiger partial charge on any atom is 0.305 e. The summed E-state index contributed by atoms with van der Waals surface area (Å²) in [5.74, 6) is -0.636. The average Bonchev–Trinajstić information content (AvgIpc) is 2.50. The molecule has 116 valence electrons. The van der Waals surface area contributed by atoms with Crippen LogP contribution >= 0.6 is 0 Å². The van der Waals surface area contributed by atoms with Gasteiger partial charge in [0, 0.05) is 31.7 Å². The number of hydrogen-bond acceptors (Lipinski definition) is 3. The number of rotatable bonds is 3. The molecular formula is C16H30N2O2. The van der Waals surface area contributed by atoms with Crippen molar-refractivity contribution >= 4 is 5.97 Å². The lowest BCUT2D eigenvalue weighted by molar-refractivity contribution is -0.141. The highest BCUT2D eigenvalue weighted by molar-refractivity contribution is 5.68. The molecule has 0 aromatic rings. The fraction of sp³-hybridized carbons (Fsp3) is 0.938. The SMILES string of the molecule is CN1CCN(C2(CC(=O)O)CCCC(C)(C)CC2)CC1. The maximum absolute atomic E-state index is 11.4. The molecule has 1 N–H and O–H groups in total. The second-order valence-corrected chi connectivity index (χ2v) is 7.60.